The smallest absolute Gasteiger partial charge is 0.233 e. The molecule has 0 spiro atoms. The van der Waals surface area contributed by atoms with Crippen molar-refractivity contribution in [3.8, 4) is 0 Å². The maximum absolute atomic E-state index is 11.7. The van der Waals surface area contributed by atoms with Gasteiger partial charge in [0.1, 0.15) is 6.26 Å². The second-order valence-corrected chi connectivity index (χ2v) is 5.94. The van der Waals surface area contributed by atoms with Crippen LogP contribution >= 0.6 is 0 Å². The molecule has 0 saturated carbocycles. The molecule has 0 atom stereocenters. The number of nitrogens with zero attached hydrogens (tertiary/aromatic N) is 1. The van der Waals surface area contributed by atoms with Gasteiger partial charge in [-0.25, -0.2) is 13.1 Å². The van der Waals surface area contributed by atoms with Crippen LogP contribution in [-0.2, 0) is 16.4 Å². The van der Waals surface area contributed by atoms with Gasteiger partial charge >= 0.3 is 0 Å². The van der Waals surface area contributed by atoms with E-state index in [1.165, 1.54) is 5.41 Å². The molecule has 0 aliphatic carbocycles. The zero-order valence-electron chi connectivity index (χ0n) is 10.9. The molecule has 20 heavy (non-hydrogen) atoms. The quantitative estimate of drug-likeness (QED) is 0.794. The third-order valence-corrected chi connectivity index (χ3v) is 3.77. The third-order valence-electron chi connectivity index (χ3n) is 2.67. The van der Waals surface area contributed by atoms with Gasteiger partial charge in [0.2, 0.25) is 10.0 Å². The van der Waals surface area contributed by atoms with Crippen molar-refractivity contribution in [2.75, 3.05) is 6.54 Å². The van der Waals surface area contributed by atoms with Crippen LogP contribution in [0.3, 0.4) is 0 Å². The summed E-state index contributed by atoms with van der Waals surface area (Å²) in [4.78, 5) is 0. The minimum Gasteiger partial charge on any atom is -0.364 e. The molecule has 1 aromatic heterocycles. The lowest BCUT2D eigenvalue weighted by atomic mass is 10.2. The van der Waals surface area contributed by atoms with E-state index in [1.54, 1.807) is 18.5 Å². The van der Waals surface area contributed by atoms with Crippen LogP contribution in [0.1, 0.15) is 17.5 Å². The van der Waals surface area contributed by atoms with Crippen LogP contribution in [0.5, 0.6) is 0 Å². The number of rotatable bonds is 7. The average molecular weight is 292 g/mol. The lowest BCUT2D eigenvalue weighted by Crippen LogP contribution is -2.22. The predicted molar refractivity (Wildman–Crippen MR) is 77.2 cm³/mol. The zero-order chi connectivity index (χ0) is 14.3. The molecular formula is C14H16N2O3S. The maximum atomic E-state index is 11.7. The van der Waals surface area contributed by atoms with E-state index < -0.39 is 10.0 Å². The van der Waals surface area contributed by atoms with Gasteiger partial charge in [-0.1, -0.05) is 35.5 Å². The topological polar surface area (TPSA) is 72.2 Å². The van der Waals surface area contributed by atoms with Gasteiger partial charge in [0.05, 0.1) is 6.20 Å². The minimum absolute atomic E-state index is 0.382. The third kappa shape index (κ3) is 4.99. The van der Waals surface area contributed by atoms with E-state index in [9.17, 15) is 8.42 Å². The Labute approximate surface area is 118 Å². The van der Waals surface area contributed by atoms with Crippen molar-refractivity contribution in [1.29, 1.82) is 0 Å². The molecule has 1 N–H and O–H groups in total. The van der Waals surface area contributed by atoms with Crippen molar-refractivity contribution in [3.63, 3.8) is 0 Å². The van der Waals surface area contributed by atoms with Crippen LogP contribution in [0.15, 0.2) is 52.7 Å². The van der Waals surface area contributed by atoms with Crippen LogP contribution in [0.4, 0.5) is 0 Å². The van der Waals surface area contributed by atoms with Crippen LogP contribution in [-0.4, -0.2) is 20.1 Å². The fraction of sp³-hybridized carbons (Fsp3) is 0.214. The van der Waals surface area contributed by atoms with Gasteiger partial charge in [-0.05, 0) is 24.5 Å². The Hall–Kier alpha value is -1.92. The first-order valence-electron chi connectivity index (χ1n) is 6.27. The highest BCUT2D eigenvalue weighted by Gasteiger charge is 2.04. The summed E-state index contributed by atoms with van der Waals surface area (Å²) in [7, 11) is -3.39. The highest BCUT2D eigenvalue weighted by Crippen LogP contribution is 2.03. The summed E-state index contributed by atoms with van der Waals surface area (Å²) < 4.78 is 30.7. The summed E-state index contributed by atoms with van der Waals surface area (Å²) >= 11 is 0. The summed E-state index contributed by atoms with van der Waals surface area (Å²) in [5.74, 6) is 0. The monoisotopic (exact) mass is 292 g/mol. The van der Waals surface area contributed by atoms with E-state index in [1.807, 2.05) is 30.3 Å². The molecular weight excluding hydrogens is 276 g/mol. The van der Waals surface area contributed by atoms with E-state index in [0.717, 1.165) is 17.5 Å². The number of hydrogen-bond donors (Lipinski definition) is 1. The van der Waals surface area contributed by atoms with Crippen molar-refractivity contribution < 1.29 is 12.9 Å². The molecule has 0 unspecified atom stereocenters. The molecule has 2 aromatic rings. The Bertz CT molecular complexity index is 634. The molecule has 0 aliphatic heterocycles. The molecule has 0 fully saturated rings. The molecule has 106 valence electrons. The Kier molecular flexibility index (Phi) is 5.09. The Balaban J connectivity index is 1.78. The second-order valence-electron chi connectivity index (χ2n) is 4.29. The molecule has 2 rings (SSSR count). The predicted octanol–water partition coefficient (Wildman–Crippen LogP) is 2.20. The van der Waals surface area contributed by atoms with E-state index >= 15 is 0 Å². The molecule has 0 bridgehead atoms. The maximum Gasteiger partial charge on any atom is 0.233 e. The number of hydrogen-bond acceptors (Lipinski definition) is 4. The zero-order valence-corrected chi connectivity index (χ0v) is 11.7. The van der Waals surface area contributed by atoms with Gasteiger partial charge in [-0.15, -0.1) is 0 Å². The molecule has 5 nitrogen and oxygen atoms in total. The molecule has 0 radical (unpaired) electrons. The van der Waals surface area contributed by atoms with Gasteiger partial charge in [-0.2, -0.15) is 0 Å². The van der Waals surface area contributed by atoms with Gasteiger partial charge in [0.25, 0.3) is 0 Å². The van der Waals surface area contributed by atoms with E-state index in [4.69, 9.17) is 4.52 Å². The molecule has 6 heteroatoms. The summed E-state index contributed by atoms with van der Waals surface area (Å²) in [5, 5.41) is 4.77. The first-order valence-corrected chi connectivity index (χ1v) is 7.81. The van der Waals surface area contributed by atoms with Crippen molar-refractivity contribution in [2.45, 2.75) is 12.8 Å². The van der Waals surface area contributed by atoms with Crippen molar-refractivity contribution >= 4 is 16.1 Å². The summed E-state index contributed by atoms with van der Waals surface area (Å²) in [6.45, 7) is 0.382. The first kappa shape index (κ1) is 14.5. The lowest BCUT2D eigenvalue weighted by Gasteiger charge is -2.01. The lowest BCUT2D eigenvalue weighted by molar-refractivity contribution is 0.419. The summed E-state index contributed by atoms with van der Waals surface area (Å²) in [6, 6.07) is 9.29. The van der Waals surface area contributed by atoms with Gasteiger partial charge < -0.3 is 4.52 Å². The Morgan fingerprint density at radius 2 is 2.05 bits per heavy atom. The molecule has 1 aromatic carbocycles. The fourth-order valence-electron chi connectivity index (χ4n) is 1.64. The standard InChI is InChI=1S/C14H16N2O3S/c17-20(18,10-8-13-5-2-1-3-6-13)16-9-4-7-14-11-15-19-12-14/h1-3,5-6,8,10-12,16H,4,7,9H2/b10-8+. The van der Waals surface area contributed by atoms with Crippen molar-refractivity contribution in [1.82, 2.24) is 9.88 Å². The summed E-state index contributed by atoms with van der Waals surface area (Å²) in [6.07, 6.45) is 6.18. The number of benzene rings is 1. The van der Waals surface area contributed by atoms with E-state index in [-0.39, 0.29) is 0 Å². The van der Waals surface area contributed by atoms with Gasteiger partial charge in [-0.3, -0.25) is 0 Å². The van der Waals surface area contributed by atoms with Crippen molar-refractivity contribution in [3.05, 3.63) is 59.3 Å². The second kappa shape index (κ2) is 7.02. The Morgan fingerprint density at radius 1 is 1.25 bits per heavy atom. The highest BCUT2D eigenvalue weighted by atomic mass is 32.2. The normalized spacial score (nSPS) is 12.0. The van der Waals surface area contributed by atoms with E-state index in [2.05, 4.69) is 9.88 Å². The van der Waals surface area contributed by atoms with Crippen molar-refractivity contribution in [2.24, 2.45) is 0 Å². The molecule has 0 saturated heterocycles. The fourth-order valence-corrected chi connectivity index (χ4v) is 2.50. The van der Waals surface area contributed by atoms with E-state index in [0.29, 0.717) is 13.0 Å². The molecule has 0 aliphatic rings. The van der Waals surface area contributed by atoms with Gasteiger partial charge in [0, 0.05) is 17.5 Å². The average Bonchev–Trinajstić information content (AvgIpc) is 2.96. The Morgan fingerprint density at radius 3 is 2.75 bits per heavy atom. The van der Waals surface area contributed by atoms with Crippen LogP contribution in [0, 0.1) is 0 Å². The van der Waals surface area contributed by atoms with Gasteiger partial charge in [0.15, 0.2) is 0 Å². The van der Waals surface area contributed by atoms with Crippen LogP contribution in [0.2, 0.25) is 0 Å². The number of aromatic nitrogens is 1. The number of nitrogens with one attached hydrogen (secondary N) is 1. The largest absolute Gasteiger partial charge is 0.364 e. The number of aryl methyl sites for hydroxylation is 1. The first-order chi connectivity index (χ1) is 9.66. The van der Waals surface area contributed by atoms with Crippen LogP contribution < -0.4 is 4.72 Å². The highest BCUT2D eigenvalue weighted by molar-refractivity contribution is 7.92. The number of sulfonamides is 1. The summed E-state index contributed by atoms with van der Waals surface area (Å²) in [5.41, 5.74) is 1.81. The molecule has 0 amide bonds. The molecule has 1 heterocycles. The minimum atomic E-state index is -3.39. The SMILES string of the molecule is O=S(=O)(/C=C/c1ccccc1)NCCCc1cnoc1. The van der Waals surface area contributed by atoms with Crippen LogP contribution in [0.25, 0.3) is 6.08 Å².